The van der Waals surface area contributed by atoms with E-state index in [-0.39, 0.29) is 11.7 Å². The molecule has 1 saturated heterocycles. The van der Waals surface area contributed by atoms with Crippen molar-refractivity contribution in [3.8, 4) is 0 Å². The molecule has 0 saturated carbocycles. The molecule has 2 aromatic rings. The van der Waals surface area contributed by atoms with Crippen molar-refractivity contribution in [2.45, 2.75) is 31.6 Å². The molecule has 1 amide bonds. The number of hydrogen-bond donors (Lipinski definition) is 1. The van der Waals surface area contributed by atoms with E-state index in [2.05, 4.69) is 20.2 Å². The number of halogens is 3. The number of aryl methyl sites for hydroxylation is 2. The standard InChI is InChI=1S/C22H28F3N5OS/c1-16-13-17(2)28-21(27-16)32-15-20(31)26-7-4-8-29-9-11-30(12-10-29)19-6-3-5-18(14-19)22(23,24)25/h3,5-6,13-14H,4,7-12,15H2,1-2H3,(H,26,31). The Labute approximate surface area is 190 Å². The molecule has 0 bridgehead atoms. The Morgan fingerprint density at radius 3 is 2.44 bits per heavy atom. The van der Waals surface area contributed by atoms with Crippen molar-refractivity contribution in [3.05, 3.63) is 47.3 Å². The topological polar surface area (TPSA) is 61.4 Å². The largest absolute Gasteiger partial charge is 0.416 e. The van der Waals surface area contributed by atoms with Gasteiger partial charge in [-0.3, -0.25) is 9.69 Å². The first-order valence-electron chi connectivity index (χ1n) is 10.6. The third-order valence-corrected chi connectivity index (χ3v) is 6.03. The predicted octanol–water partition coefficient (Wildman–Crippen LogP) is 3.53. The summed E-state index contributed by atoms with van der Waals surface area (Å²) in [7, 11) is 0. The Kier molecular flexibility index (Phi) is 8.36. The van der Waals surface area contributed by atoms with Crippen LogP contribution in [0.2, 0.25) is 0 Å². The van der Waals surface area contributed by atoms with Gasteiger partial charge in [0.25, 0.3) is 0 Å². The molecule has 1 aromatic heterocycles. The van der Waals surface area contributed by atoms with E-state index in [4.69, 9.17) is 0 Å². The van der Waals surface area contributed by atoms with E-state index in [9.17, 15) is 18.0 Å². The third-order valence-electron chi connectivity index (χ3n) is 5.18. The normalized spacial score (nSPS) is 15.1. The molecule has 1 aromatic carbocycles. The second-order valence-corrected chi connectivity index (χ2v) is 8.74. The summed E-state index contributed by atoms with van der Waals surface area (Å²) in [6.45, 7) is 8.15. The molecule has 1 fully saturated rings. The fourth-order valence-electron chi connectivity index (χ4n) is 3.58. The molecule has 32 heavy (non-hydrogen) atoms. The second kappa shape index (κ2) is 11.0. The van der Waals surface area contributed by atoms with Crippen LogP contribution in [0.4, 0.5) is 18.9 Å². The lowest BCUT2D eigenvalue weighted by Crippen LogP contribution is -2.47. The highest BCUT2D eigenvalue weighted by atomic mass is 32.2. The molecule has 0 radical (unpaired) electrons. The minimum absolute atomic E-state index is 0.0490. The highest BCUT2D eigenvalue weighted by molar-refractivity contribution is 7.99. The number of nitrogens with one attached hydrogen (secondary N) is 1. The Morgan fingerprint density at radius 1 is 1.09 bits per heavy atom. The smallest absolute Gasteiger partial charge is 0.369 e. The van der Waals surface area contributed by atoms with Crippen molar-refractivity contribution >= 4 is 23.4 Å². The van der Waals surface area contributed by atoms with E-state index in [1.54, 1.807) is 6.07 Å². The summed E-state index contributed by atoms with van der Waals surface area (Å²) in [5.41, 5.74) is 1.76. The van der Waals surface area contributed by atoms with E-state index >= 15 is 0 Å². The number of anilines is 1. The number of carbonyl (C=O) groups excluding carboxylic acids is 1. The van der Waals surface area contributed by atoms with Crippen LogP contribution in [-0.2, 0) is 11.0 Å². The first-order chi connectivity index (χ1) is 15.2. The maximum atomic E-state index is 12.9. The van der Waals surface area contributed by atoms with Gasteiger partial charge in [-0.1, -0.05) is 17.8 Å². The number of rotatable bonds is 8. The molecular weight excluding hydrogens is 439 g/mol. The minimum atomic E-state index is -4.33. The van der Waals surface area contributed by atoms with Crippen molar-refractivity contribution in [2.75, 3.05) is 49.9 Å². The average molecular weight is 468 g/mol. The molecule has 1 N–H and O–H groups in total. The van der Waals surface area contributed by atoms with Gasteiger partial charge in [0.15, 0.2) is 5.16 Å². The molecule has 0 spiro atoms. The molecule has 0 atom stereocenters. The number of benzene rings is 1. The summed E-state index contributed by atoms with van der Waals surface area (Å²) in [6.07, 6.45) is -3.51. The van der Waals surface area contributed by atoms with Crippen molar-refractivity contribution in [2.24, 2.45) is 0 Å². The zero-order valence-corrected chi connectivity index (χ0v) is 19.1. The molecule has 2 heterocycles. The number of carbonyl (C=O) groups is 1. The highest BCUT2D eigenvalue weighted by Crippen LogP contribution is 2.31. The average Bonchev–Trinajstić information content (AvgIpc) is 2.75. The van der Waals surface area contributed by atoms with Gasteiger partial charge in [-0.15, -0.1) is 0 Å². The Bertz CT molecular complexity index is 896. The first kappa shape index (κ1) is 24.3. The highest BCUT2D eigenvalue weighted by Gasteiger charge is 2.31. The fourth-order valence-corrected chi connectivity index (χ4v) is 4.36. The van der Waals surface area contributed by atoms with Crippen LogP contribution in [0.1, 0.15) is 23.4 Å². The molecule has 1 aliphatic heterocycles. The van der Waals surface area contributed by atoms with E-state index < -0.39 is 11.7 Å². The van der Waals surface area contributed by atoms with Crippen LogP contribution in [0.3, 0.4) is 0 Å². The van der Waals surface area contributed by atoms with Gasteiger partial charge < -0.3 is 10.2 Å². The third kappa shape index (κ3) is 7.37. The van der Waals surface area contributed by atoms with Gasteiger partial charge in [-0.25, -0.2) is 9.97 Å². The van der Waals surface area contributed by atoms with Crippen molar-refractivity contribution in [1.82, 2.24) is 20.2 Å². The van der Waals surface area contributed by atoms with Gasteiger partial charge in [-0.2, -0.15) is 13.2 Å². The Morgan fingerprint density at radius 2 is 1.78 bits per heavy atom. The summed E-state index contributed by atoms with van der Waals surface area (Å²) in [4.78, 5) is 24.9. The molecule has 0 unspecified atom stereocenters. The zero-order valence-electron chi connectivity index (χ0n) is 18.3. The van der Waals surface area contributed by atoms with E-state index in [0.29, 0.717) is 30.5 Å². The van der Waals surface area contributed by atoms with Crippen LogP contribution in [0.5, 0.6) is 0 Å². The summed E-state index contributed by atoms with van der Waals surface area (Å²) in [5, 5.41) is 3.53. The van der Waals surface area contributed by atoms with Crippen molar-refractivity contribution in [1.29, 1.82) is 0 Å². The lowest BCUT2D eigenvalue weighted by molar-refractivity contribution is -0.137. The van der Waals surface area contributed by atoms with Crippen LogP contribution in [0, 0.1) is 13.8 Å². The van der Waals surface area contributed by atoms with Gasteiger partial charge in [0.05, 0.1) is 11.3 Å². The molecule has 6 nitrogen and oxygen atoms in total. The predicted molar refractivity (Wildman–Crippen MR) is 120 cm³/mol. The SMILES string of the molecule is Cc1cc(C)nc(SCC(=O)NCCCN2CCN(c3cccc(C(F)(F)F)c3)CC2)n1. The molecular formula is C22H28F3N5OS. The molecule has 0 aliphatic carbocycles. The number of alkyl halides is 3. The summed E-state index contributed by atoms with van der Waals surface area (Å²) >= 11 is 1.32. The lowest BCUT2D eigenvalue weighted by Gasteiger charge is -2.36. The maximum absolute atomic E-state index is 12.9. The van der Waals surface area contributed by atoms with Crippen LogP contribution in [0.25, 0.3) is 0 Å². The van der Waals surface area contributed by atoms with E-state index in [1.165, 1.54) is 23.9 Å². The molecule has 10 heteroatoms. The summed E-state index contributed by atoms with van der Waals surface area (Å²) in [5.74, 6) is 0.227. The second-order valence-electron chi connectivity index (χ2n) is 7.80. The summed E-state index contributed by atoms with van der Waals surface area (Å²) in [6, 6.07) is 7.39. The van der Waals surface area contributed by atoms with Gasteiger partial charge in [0.2, 0.25) is 5.91 Å². The number of aromatic nitrogens is 2. The van der Waals surface area contributed by atoms with Crippen molar-refractivity contribution < 1.29 is 18.0 Å². The Hall–Kier alpha value is -2.33. The van der Waals surface area contributed by atoms with Crippen LogP contribution in [-0.4, -0.2) is 65.8 Å². The van der Waals surface area contributed by atoms with Crippen LogP contribution in [0.15, 0.2) is 35.5 Å². The fraction of sp³-hybridized carbons (Fsp3) is 0.500. The van der Waals surface area contributed by atoms with Gasteiger partial charge >= 0.3 is 6.18 Å². The van der Waals surface area contributed by atoms with Crippen LogP contribution >= 0.6 is 11.8 Å². The van der Waals surface area contributed by atoms with Gasteiger partial charge in [0.1, 0.15) is 0 Å². The number of thioether (sulfide) groups is 1. The Balaban J connectivity index is 1.33. The number of amides is 1. The van der Waals surface area contributed by atoms with Crippen molar-refractivity contribution in [3.63, 3.8) is 0 Å². The quantitative estimate of drug-likeness (QED) is 0.364. The first-order valence-corrected chi connectivity index (χ1v) is 11.6. The lowest BCUT2D eigenvalue weighted by atomic mass is 10.1. The maximum Gasteiger partial charge on any atom is 0.416 e. The monoisotopic (exact) mass is 467 g/mol. The van der Waals surface area contributed by atoms with E-state index in [1.807, 2.05) is 24.8 Å². The number of piperazine rings is 1. The minimum Gasteiger partial charge on any atom is -0.369 e. The number of hydrogen-bond acceptors (Lipinski definition) is 6. The van der Waals surface area contributed by atoms with Gasteiger partial charge in [-0.05, 0) is 51.1 Å². The molecule has 174 valence electrons. The molecule has 3 rings (SSSR count). The summed E-state index contributed by atoms with van der Waals surface area (Å²) < 4.78 is 38.8. The molecule has 1 aliphatic rings. The van der Waals surface area contributed by atoms with Crippen LogP contribution < -0.4 is 10.2 Å². The van der Waals surface area contributed by atoms with E-state index in [0.717, 1.165) is 43.5 Å². The number of nitrogens with zero attached hydrogens (tertiary/aromatic N) is 4. The zero-order chi connectivity index (χ0) is 23.1. The van der Waals surface area contributed by atoms with Gasteiger partial charge in [0, 0.05) is 49.8 Å².